The fraction of sp³-hybridized carbons (Fsp3) is 0.200. The molecule has 0 fully saturated rings. The number of fused-ring (bicyclic) bond motifs is 1. The number of carbonyl (C=O) groups excluding carboxylic acids is 4. The number of hydrogen-bond donors (Lipinski definition) is 1. The van der Waals surface area contributed by atoms with Gasteiger partial charge in [0.15, 0.2) is 6.61 Å². The number of methoxy groups -OCH3 is 1. The standard InChI is InChI=1S/C20H17N3O8/c1-11(22-18(25)13-5-3-4-6-14(13)19(22)26)20(27)31-10-17(24)21-15-8-7-12(30-2)9-16(15)23(28)29/h3-9,11H,10H2,1-2H3,(H,21,24)/t11-/m1/s1. The van der Waals surface area contributed by atoms with Crippen LogP contribution in [-0.2, 0) is 14.3 Å². The summed E-state index contributed by atoms with van der Waals surface area (Å²) in [5.74, 6) is -2.86. The fourth-order valence-electron chi connectivity index (χ4n) is 3.00. The van der Waals surface area contributed by atoms with Gasteiger partial charge in [-0.2, -0.15) is 0 Å². The molecule has 31 heavy (non-hydrogen) atoms. The Kier molecular flexibility index (Phi) is 5.95. The molecule has 1 aliphatic heterocycles. The minimum Gasteiger partial charge on any atom is -0.496 e. The molecule has 3 rings (SSSR count). The van der Waals surface area contributed by atoms with Gasteiger partial charge in [0.05, 0.1) is 29.2 Å². The molecule has 0 radical (unpaired) electrons. The zero-order valence-corrected chi connectivity index (χ0v) is 16.5. The van der Waals surface area contributed by atoms with Crippen LogP contribution in [0.15, 0.2) is 42.5 Å². The van der Waals surface area contributed by atoms with Crippen molar-refractivity contribution >= 4 is 35.1 Å². The number of esters is 1. The second kappa shape index (κ2) is 8.61. The summed E-state index contributed by atoms with van der Waals surface area (Å²) >= 11 is 0. The molecule has 3 amide bonds. The molecular formula is C20H17N3O8. The lowest BCUT2D eigenvalue weighted by molar-refractivity contribution is -0.384. The Morgan fingerprint density at radius 2 is 1.74 bits per heavy atom. The zero-order chi connectivity index (χ0) is 22.7. The molecule has 2 aromatic carbocycles. The van der Waals surface area contributed by atoms with Gasteiger partial charge in [0.25, 0.3) is 23.4 Å². The summed E-state index contributed by atoms with van der Waals surface area (Å²) < 4.78 is 9.81. The van der Waals surface area contributed by atoms with Crippen LogP contribution in [-0.4, -0.2) is 53.3 Å². The van der Waals surface area contributed by atoms with Gasteiger partial charge in [-0.25, -0.2) is 4.79 Å². The van der Waals surface area contributed by atoms with Crippen molar-refractivity contribution in [2.45, 2.75) is 13.0 Å². The SMILES string of the molecule is COc1ccc(NC(=O)COC(=O)[C@@H](C)N2C(=O)c3ccccc3C2=O)c([N+](=O)[O-])c1. The summed E-state index contributed by atoms with van der Waals surface area (Å²) in [6.07, 6.45) is 0. The number of amides is 3. The minimum atomic E-state index is -1.27. The van der Waals surface area contributed by atoms with Crippen LogP contribution in [0.1, 0.15) is 27.6 Å². The molecule has 1 heterocycles. The van der Waals surface area contributed by atoms with Gasteiger partial charge in [-0.3, -0.25) is 29.4 Å². The molecule has 0 aliphatic carbocycles. The molecule has 1 aliphatic rings. The van der Waals surface area contributed by atoms with Crippen LogP contribution in [0.2, 0.25) is 0 Å². The number of hydrogen-bond acceptors (Lipinski definition) is 8. The van der Waals surface area contributed by atoms with Gasteiger partial charge in [-0.05, 0) is 31.2 Å². The first-order valence-corrected chi connectivity index (χ1v) is 9.00. The van der Waals surface area contributed by atoms with Gasteiger partial charge >= 0.3 is 5.97 Å². The summed E-state index contributed by atoms with van der Waals surface area (Å²) in [5.41, 5.74) is -0.160. The van der Waals surface area contributed by atoms with E-state index in [4.69, 9.17) is 9.47 Å². The van der Waals surface area contributed by atoms with Crippen LogP contribution >= 0.6 is 0 Å². The second-order valence-corrected chi connectivity index (χ2v) is 6.50. The highest BCUT2D eigenvalue weighted by atomic mass is 16.6. The van der Waals surface area contributed by atoms with E-state index in [2.05, 4.69) is 5.32 Å². The van der Waals surface area contributed by atoms with Crippen molar-refractivity contribution in [2.24, 2.45) is 0 Å². The van der Waals surface area contributed by atoms with Crippen molar-refractivity contribution in [1.82, 2.24) is 4.90 Å². The molecule has 0 saturated heterocycles. The van der Waals surface area contributed by atoms with Crippen molar-refractivity contribution in [1.29, 1.82) is 0 Å². The lowest BCUT2D eigenvalue weighted by atomic mass is 10.1. The minimum absolute atomic E-state index is 0.111. The number of ether oxygens (including phenoxy) is 2. The van der Waals surface area contributed by atoms with Crippen molar-refractivity contribution < 1.29 is 33.6 Å². The molecule has 0 unspecified atom stereocenters. The lowest BCUT2D eigenvalue weighted by Gasteiger charge is -2.20. The average molecular weight is 427 g/mol. The van der Waals surface area contributed by atoms with Crippen LogP contribution < -0.4 is 10.1 Å². The van der Waals surface area contributed by atoms with Gasteiger partial charge in [0.2, 0.25) is 0 Å². The van der Waals surface area contributed by atoms with Gasteiger partial charge < -0.3 is 14.8 Å². The second-order valence-electron chi connectivity index (χ2n) is 6.50. The van der Waals surface area contributed by atoms with Crippen LogP contribution in [0.4, 0.5) is 11.4 Å². The number of imide groups is 1. The maximum atomic E-state index is 12.4. The Morgan fingerprint density at radius 3 is 2.29 bits per heavy atom. The number of nitro benzene ring substituents is 1. The molecule has 1 atom stereocenters. The van der Waals surface area contributed by atoms with Crippen LogP contribution in [0.25, 0.3) is 0 Å². The first-order valence-electron chi connectivity index (χ1n) is 9.00. The Labute approximate surface area is 175 Å². The van der Waals surface area contributed by atoms with Crippen molar-refractivity contribution in [3.8, 4) is 5.75 Å². The number of nitrogens with zero attached hydrogens (tertiary/aromatic N) is 2. The highest BCUT2D eigenvalue weighted by Gasteiger charge is 2.41. The molecule has 0 spiro atoms. The van der Waals surface area contributed by atoms with E-state index < -0.39 is 47.0 Å². The van der Waals surface area contributed by atoms with Gasteiger partial charge in [-0.15, -0.1) is 0 Å². The van der Waals surface area contributed by atoms with Gasteiger partial charge in [0, 0.05) is 0 Å². The van der Waals surface area contributed by atoms with Crippen molar-refractivity contribution in [3.05, 3.63) is 63.7 Å². The number of benzene rings is 2. The fourth-order valence-corrected chi connectivity index (χ4v) is 3.00. The highest BCUT2D eigenvalue weighted by molar-refractivity contribution is 6.22. The van der Waals surface area contributed by atoms with E-state index in [1.807, 2.05) is 0 Å². The maximum absolute atomic E-state index is 12.4. The smallest absolute Gasteiger partial charge is 0.329 e. The Morgan fingerprint density at radius 1 is 1.13 bits per heavy atom. The zero-order valence-electron chi connectivity index (χ0n) is 16.5. The van der Waals surface area contributed by atoms with E-state index in [0.29, 0.717) is 0 Å². The number of anilines is 1. The predicted octanol–water partition coefficient (Wildman–Crippen LogP) is 1.77. The summed E-state index contributed by atoms with van der Waals surface area (Å²) in [7, 11) is 1.34. The molecule has 2 aromatic rings. The first-order chi connectivity index (χ1) is 14.7. The lowest BCUT2D eigenvalue weighted by Crippen LogP contribution is -2.44. The third-order valence-electron chi connectivity index (χ3n) is 4.58. The van der Waals surface area contributed by atoms with E-state index >= 15 is 0 Å². The molecule has 11 heteroatoms. The first kappa shape index (κ1) is 21.4. The third kappa shape index (κ3) is 4.20. The van der Waals surface area contributed by atoms with E-state index in [0.717, 1.165) is 11.0 Å². The molecule has 11 nitrogen and oxygen atoms in total. The van der Waals surface area contributed by atoms with E-state index in [9.17, 15) is 29.3 Å². The van der Waals surface area contributed by atoms with E-state index in [1.54, 1.807) is 12.1 Å². The highest BCUT2D eigenvalue weighted by Crippen LogP contribution is 2.29. The molecule has 0 saturated carbocycles. The molecule has 1 N–H and O–H groups in total. The van der Waals surface area contributed by atoms with Gasteiger partial charge in [-0.1, -0.05) is 12.1 Å². The van der Waals surface area contributed by atoms with Crippen LogP contribution in [0.5, 0.6) is 5.75 Å². The van der Waals surface area contributed by atoms with Crippen molar-refractivity contribution in [3.63, 3.8) is 0 Å². The Balaban J connectivity index is 1.62. The third-order valence-corrected chi connectivity index (χ3v) is 4.58. The number of carbonyl (C=O) groups is 4. The predicted molar refractivity (Wildman–Crippen MR) is 106 cm³/mol. The average Bonchev–Trinajstić information content (AvgIpc) is 3.02. The molecule has 0 aromatic heterocycles. The van der Waals surface area contributed by atoms with E-state index in [1.165, 1.54) is 38.3 Å². The van der Waals surface area contributed by atoms with Crippen LogP contribution in [0, 0.1) is 10.1 Å². The topological polar surface area (TPSA) is 145 Å². The summed E-state index contributed by atoms with van der Waals surface area (Å²) in [4.78, 5) is 60.5. The van der Waals surface area contributed by atoms with Gasteiger partial charge in [0.1, 0.15) is 17.5 Å². The largest absolute Gasteiger partial charge is 0.496 e. The maximum Gasteiger partial charge on any atom is 0.329 e. The molecular weight excluding hydrogens is 410 g/mol. The summed E-state index contributed by atoms with van der Waals surface area (Å²) in [6, 6.07) is 8.70. The molecule has 0 bridgehead atoms. The monoisotopic (exact) mass is 427 g/mol. The number of nitro groups is 1. The summed E-state index contributed by atoms with van der Waals surface area (Å²) in [5, 5.41) is 13.5. The Bertz CT molecular complexity index is 1060. The summed E-state index contributed by atoms with van der Waals surface area (Å²) in [6.45, 7) is 0.533. The van der Waals surface area contributed by atoms with Crippen LogP contribution in [0.3, 0.4) is 0 Å². The normalized spacial score (nSPS) is 13.4. The van der Waals surface area contributed by atoms with Crippen molar-refractivity contribution in [2.75, 3.05) is 19.0 Å². The number of nitrogens with one attached hydrogen (secondary N) is 1. The number of rotatable bonds is 7. The Hall–Kier alpha value is -4.28. The van der Waals surface area contributed by atoms with E-state index in [-0.39, 0.29) is 22.6 Å². The molecule has 160 valence electrons. The quantitative estimate of drug-likeness (QED) is 0.305.